The van der Waals surface area contributed by atoms with Crippen LogP contribution in [-0.4, -0.2) is 68.9 Å². The molecule has 146 valence electrons. The summed E-state index contributed by atoms with van der Waals surface area (Å²) in [6, 6.07) is 13.9. The van der Waals surface area contributed by atoms with Gasteiger partial charge in [-0.25, -0.2) is 8.42 Å². The van der Waals surface area contributed by atoms with Gasteiger partial charge in [-0.3, -0.25) is 4.79 Å². The minimum Gasteiger partial charge on any atom is -0.338 e. The van der Waals surface area contributed by atoms with Gasteiger partial charge in [0.25, 0.3) is 0 Å². The first-order valence-corrected chi connectivity index (χ1v) is 11.3. The van der Waals surface area contributed by atoms with Crippen molar-refractivity contribution in [2.75, 3.05) is 38.7 Å². The zero-order chi connectivity index (χ0) is 19.4. The Bertz CT molecular complexity index is 903. The molecule has 2 aromatic rings. The van der Waals surface area contributed by atoms with Gasteiger partial charge in [-0.1, -0.05) is 42.5 Å². The molecule has 1 fully saturated rings. The number of rotatable bonds is 7. The van der Waals surface area contributed by atoms with Crippen LogP contribution in [-0.2, 0) is 21.1 Å². The second-order valence-corrected chi connectivity index (χ2v) is 9.84. The number of amides is 1. The molecule has 0 radical (unpaired) electrons. The van der Waals surface area contributed by atoms with E-state index in [0.29, 0.717) is 19.4 Å². The van der Waals surface area contributed by atoms with E-state index in [0.717, 1.165) is 29.3 Å². The fourth-order valence-electron chi connectivity index (χ4n) is 3.80. The molecule has 1 atom stereocenters. The maximum absolute atomic E-state index is 13.1. The molecule has 1 unspecified atom stereocenters. The molecule has 27 heavy (non-hydrogen) atoms. The largest absolute Gasteiger partial charge is 0.338 e. The lowest BCUT2D eigenvalue weighted by molar-refractivity contribution is -0.132. The smallest absolute Gasteiger partial charge is 0.227 e. The van der Waals surface area contributed by atoms with E-state index in [1.165, 1.54) is 0 Å². The average molecular weight is 389 g/mol. The van der Waals surface area contributed by atoms with Gasteiger partial charge >= 0.3 is 0 Å². The first kappa shape index (κ1) is 19.8. The van der Waals surface area contributed by atoms with Crippen LogP contribution in [0.25, 0.3) is 10.8 Å². The van der Waals surface area contributed by atoms with Gasteiger partial charge in [0.15, 0.2) is 9.84 Å². The normalized spacial score (nSPS) is 18.9. The number of sulfone groups is 1. The van der Waals surface area contributed by atoms with Crippen molar-refractivity contribution in [2.45, 2.75) is 25.3 Å². The van der Waals surface area contributed by atoms with E-state index < -0.39 is 9.84 Å². The quantitative estimate of drug-likeness (QED) is 0.731. The Kier molecular flexibility index (Phi) is 6.17. The predicted molar refractivity (Wildman–Crippen MR) is 110 cm³/mol. The van der Waals surface area contributed by atoms with Gasteiger partial charge in [0, 0.05) is 12.6 Å². The highest BCUT2D eigenvalue weighted by molar-refractivity contribution is 7.91. The molecule has 0 aromatic heterocycles. The lowest BCUT2D eigenvalue weighted by Gasteiger charge is -2.29. The van der Waals surface area contributed by atoms with Crippen LogP contribution >= 0.6 is 0 Å². The molecule has 0 spiro atoms. The molecule has 2 aromatic carbocycles. The van der Waals surface area contributed by atoms with Crippen LogP contribution in [0.2, 0.25) is 0 Å². The van der Waals surface area contributed by atoms with E-state index in [-0.39, 0.29) is 23.5 Å². The van der Waals surface area contributed by atoms with Crippen molar-refractivity contribution in [2.24, 2.45) is 0 Å². The lowest BCUT2D eigenvalue weighted by atomic mass is 10.0. The molecule has 0 N–H and O–H groups in total. The van der Waals surface area contributed by atoms with E-state index in [1.54, 1.807) is 0 Å². The molecular weight excluding hydrogens is 360 g/mol. The summed E-state index contributed by atoms with van der Waals surface area (Å²) in [5, 5.41) is 2.20. The van der Waals surface area contributed by atoms with Gasteiger partial charge in [-0.15, -0.1) is 0 Å². The van der Waals surface area contributed by atoms with Gasteiger partial charge < -0.3 is 9.80 Å². The summed E-state index contributed by atoms with van der Waals surface area (Å²) in [5.74, 6) is 0.298. The molecule has 6 heteroatoms. The van der Waals surface area contributed by atoms with Crippen molar-refractivity contribution >= 4 is 26.5 Å². The number of carbonyl (C=O) groups excluding carboxylic acids is 1. The Morgan fingerprint density at radius 3 is 2.52 bits per heavy atom. The summed E-state index contributed by atoms with van der Waals surface area (Å²) in [5.41, 5.74) is 0.997. The number of fused-ring (bicyclic) bond motifs is 1. The molecule has 1 aliphatic heterocycles. The zero-order valence-electron chi connectivity index (χ0n) is 16.1. The van der Waals surface area contributed by atoms with Crippen molar-refractivity contribution < 1.29 is 13.2 Å². The second kappa shape index (κ2) is 8.40. The molecule has 5 nitrogen and oxygen atoms in total. The Labute approximate surface area is 161 Å². The fraction of sp³-hybridized carbons (Fsp3) is 0.476. The van der Waals surface area contributed by atoms with Crippen molar-refractivity contribution in [3.8, 4) is 0 Å². The summed E-state index contributed by atoms with van der Waals surface area (Å²) in [7, 11) is 0.977. The van der Waals surface area contributed by atoms with Gasteiger partial charge in [-0.05, 0) is 49.8 Å². The van der Waals surface area contributed by atoms with E-state index in [4.69, 9.17) is 0 Å². The van der Waals surface area contributed by atoms with Gasteiger partial charge in [0.2, 0.25) is 5.91 Å². The number of carbonyl (C=O) groups is 1. The summed E-state index contributed by atoms with van der Waals surface area (Å²) in [6.45, 7) is 1.47. The highest BCUT2D eigenvalue weighted by Crippen LogP contribution is 2.22. The summed E-state index contributed by atoms with van der Waals surface area (Å²) in [6.07, 6.45) is 1.69. The topological polar surface area (TPSA) is 57.7 Å². The van der Waals surface area contributed by atoms with E-state index in [2.05, 4.69) is 4.90 Å². The van der Waals surface area contributed by atoms with Crippen molar-refractivity contribution in [1.82, 2.24) is 9.80 Å². The third kappa shape index (κ3) is 5.08. The molecule has 1 aliphatic rings. The minimum atomic E-state index is -3.03. The van der Waals surface area contributed by atoms with Gasteiger partial charge in [-0.2, -0.15) is 0 Å². The predicted octanol–water partition coefficient (Wildman–Crippen LogP) is 2.35. The fourth-order valence-corrected chi connectivity index (χ4v) is 5.53. The maximum Gasteiger partial charge on any atom is 0.227 e. The van der Waals surface area contributed by atoms with Crippen LogP contribution in [0.15, 0.2) is 42.5 Å². The molecule has 0 aliphatic carbocycles. The maximum atomic E-state index is 13.1. The average Bonchev–Trinajstić information content (AvgIpc) is 2.98. The molecule has 0 saturated carbocycles. The molecule has 0 bridgehead atoms. The summed E-state index contributed by atoms with van der Waals surface area (Å²) >= 11 is 0. The first-order valence-electron chi connectivity index (χ1n) is 9.47. The van der Waals surface area contributed by atoms with Gasteiger partial charge in [0.05, 0.1) is 17.9 Å². The van der Waals surface area contributed by atoms with Gasteiger partial charge in [0.1, 0.15) is 0 Å². The Morgan fingerprint density at radius 2 is 1.81 bits per heavy atom. The highest BCUT2D eigenvalue weighted by atomic mass is 32.2. The molecule has 1 heterocycles. The number of hydrogen-bond acceptors (Lipinski definition) is 4. The number of benzene rings is 2. The summed E-state index contributed by atoms with van der Waals surface area (Å²) in [4.78, 5) is 17.0. The minimum absolute atomic E-state index is 0.0206. The van der Waals surface area contributed by atoms with Crippen LogP contribution in [0.1, 0.15) is 18.4 Å². The van der Waals surface area contributed by atoms with Crippen LogP contribution < -0.4 is 0 Å². The van der Waals surface area contributed by atoms with E-state index >= 15 is 0 Å². The lowest BCUT2D eigenvalue weighted by Crippen LogP contribution is -2.43. The summed E-state index contributed by atoms with van der Waals surface area (Å²) < 4.78 is 23.9. The van der Waals surface area contributed by atoms with Crippen LogP contribution in [0.5, 0.6) is 0 Å². The Morgan fingerprint density at radius 1 is 1.07 bits per heavy atom. The highest BCUT2D eigenvalue weighted by Gasteiger charge is 2.34. The molecule has 1 amide bonds. The van der Waals surface area contributed by atoms with Crippen LogP contribution in [0.3, 0.4) is 0 Å². The zero-order valence-corrected chi connectivity index (χ0v) is 16.9. The number of hydrogen-bond donors (Lipinski definition) is 0. The van der Waals surface area contributed by atoms with Crippen molar-refractivity contribution in [3.05, 3.63) is 48.0 Å². The van der Waals surface area contributed by atoms with Crippen LogP contribution in [0, 0.1) is 0 Å². The third-order valence-electron chi connectivity index (χ3n) is 5.20. The Hall–Kier alpha value is -1.92. The first-order chi connectivity index (χ1) is 12.9. The monoisotopic (exact) mass is 388 g/mol. The van der Waals surface area contributed by atoms with Crippen LogP contribution in [0.4, 0.5) is 0 Å². The van der Waals surface area contributed by atoms with E-state index in [9.17, 15) is 13.2 Å². The molecular formula is C21H28N2O3S. The second-order valence-electron chi connectivity index (χ2n) is 7.62. The van der Waals surface area contributed by atoms with Crippen molar-refractivity contribution in [3.63, 3.8) is 0 Å². The number of nitrogens with zero attached hydrogens (tertiary/aromatic N) is 2. The standard InChI is InChI=1S/C21H28N2O3S/c1-22(2)12-6-13-23(19-11-14-27(25,26)16-19)21(24)15-18-9-5-8-17-7-3-4-10-20(17)18/h3-5,7-10,19H,6,11-16H2,1-2H3. The molecule has 1 saturated heterocycles. The van der Waals surface area contributed by atoms with Crippen molar-refractivity contribution in [1.29, 1.82) is 0 Å². The SMILES string of the molecule is CN(C)CCCN(C(=O)Cc1cccc2ccccc12)C1CCS(=O)(=O)C1. The Balaban J connectivity index is 1.79. The third-order valence-corrected chi connectivity index (χ3v) is 6.95. The van der Waals surface area contributed by atoms with E-state index in [1.807, 2.05) is 61.5 Å². The molecule has 3 rings (SSSR count).